The van der Waals surface area contributed by atoms with Crippen LogP contribution < -0.4 is 5.32 Å². The van der Waals surface area contributed by atoms with Crippen molar-refractivity contribution in [3.05, 3.63) is 39.8 Å². The van der Waals surface area contributed by atoms with Crippen LogP contribution in [0.2, 0.25) is 0 Å². The van der Waals surface area contributed by atoms with E-state index in [1.54, 1.807) is 11.3 Å². The van der Waals surface area contributed by atoms with Gasteiger partial charge in [-0.25, -0.2) is 4.98 Å². The zero-order chi connectivity index (χ0) is 15.8. The monoisotopic (exact) mass is 389 g/mol. The van der Waals surface area contributed by atoms with Crippen LogP contribution in [0.3, 0.4) is 0 Å². The van der Waals surface area contributed by atoms with Crippen LogP contribution in [0.15, 0.2) is 34.2 Å². The van der Waals surface area contributed by atoms with E-state index in [1.165, 1.54) is 42.5 Å². The van der Waals surface area contributed by atoms with E-state index in [4.69, 9.17) is 4.98 Å². The molecule has 5 heteroatoms. The molecule has 4 rings (SSSR count). The van der Waals surface area contributed by atoms with Gasteiger partial charge in [0.25, 0.3) is 0 Å². The van der Waals surface area contributed by atoms with Crippen LogP contribution in [0.4, 0.5) is 5.82 Å². The van der Waals surface area contributed by atoms with Crippen molar-refractivity contribution in [3.63, 3.8) is 0 Å². The van der Waals surface area contributed by atoms with Crippen LogP contribution in [-0.2, 0) is 0 Å². The van der Waals surface area contributed by atoms with Gasteiger partial charge in [0.15, 0.2) is 0 Å². The van der Waals surface area contributed by atoms with Gasteiger partial charge in [-0.05, 0) is 64.8 Å². The van der Waals surface area contributed by atoms with Crippen molar-refractivity contribution in [2.75, 3.05) is 5.32 Å². The number of hydrogen-bond donors (Lipinski definition) is 1. The third-order valence-corrected chi connectivity index (χ3v) is 6.10. The van der Waals surface area contributed by atoms with Crippen molar-refractivity contribution < 1.29 is 0 Å². The molecular formula is C18H20BrN3S. The number of rotatable bonds is 3. The second-order valence-electron chi connectivity index (χ2n) is 6.30. The van der Waals surface area contributed by atoms with Crippen molar-refractivity contribution in [2.45, 2.75) is 45.1 Å². The predicted molar refractivity (Wildman–Crippen MR) is 101 cm³/mol. The van der Waals surface area contributed by atoms with Crippen LogP contribution >= 0.6 is 27.3 Å². The molecular weight excluding hydrogens is 370 g/mol. The standard InChI is InChI=1S/C18H20BrN3S/c1-12-9-10-23-17(12)16-18(20-14-5-3-2-4-6-14)22-11-13(19)7-8-15(22)21-16/h7-11,14,20H,2-6H2,1H3. The van der Waals surface area contributed by atoms with Gasteiger partial charge in [0.05, 0.1) is 4.88 Å². The number of nitrogens with zero attached hydrogens (tertiary/aromatic N) is 2. The topological polar surface area (TPSA) is 29.3 Å². The average Bonchev–Trinajstić information content (AvgIpc) is 3.12. The van der Waals surface area contributed by atoms with Crippen molar-refractivity contribution >= 4 is 38.7 Å². The molecule has 0 aromatic carbocycles. The Balaban J connectivity index is 1.84. The average molecular weight is 390 g/mol. The Morgan fingerprint density at radius 1 is 1.22 bits per heavy atom. The molecule has 3 heterocycles. The van der Waals surface area contributed by atoms with E-state index in [0.717, 1.165) is 21.6 Å². The number of pyridine rings is 1. The van der Waals surface area contributed by atoms with Gasteiger partial charge in [-0.2, -0.15) is 0 Å². The number of nitrogens with one attached hydrogen (secondary N) is 1. The summed E-state index contributed by atoms with van der Waals surface area (Å²) in [6, 6.07) is 6.85. The lowest BCUT2D eigenvalue weighted by Gasteiger charge is -2.24. The smallest absolute Gasteiger partial charge is 0.139 e. The molecule has 0 bridgehead atoms. The zero-order valence-electron chi connectivity index (χ0n) is 13.2. The van der Waals surface area contributed by atoms with E-state index >= 15 is 0 Å². The molecule has 1 saturated carbocycles. The van der Waals surface area contributed by atoms with Gasteiger partial charge in [-0.1, -0.05) is 19.3 Å². The fourth-order valence-corrected chi connectivity index (χ4v) is 4.62. The molecule has 0 atom stereocenters. The van der Waals surface area contributed by atoms with Crippen molar-refractivity contribution in [1.29, 1.82) is 0 Å². The molecule has 1 fully saturated rings. The first-order valence-electron chi connectivity index (χ1n) is 8.21. The molecule has 1 aliphatic carbocycles. The minimum Gasteiger partial charge on any atom is -0.367 e. The Hall–Kier alpha value is -1.33. The molecule has 0 spiro atoms. The largest absolute Gasteiger partial charge is 0.367 e. The number of aromatic nitrogens is 2. The quantitative estimate of drug-likeness (QED) is 0.605. The molecule has 3 aromatic heterocycles. The lowest BCUT2D eigenvalue weighted by molar-refractivity contribution is 0.462. The summed E-state index contributed by atoms with van der Waals surface area (Å²) < 4.78 is 3.26. The summed E-state index contributed by atoms with van der Waals surface area (Å²) >= 11 is 5.36. The van der Waals surface area contributed by atoms with Gasteiger partial charge >= 0.3 is 0 Å². The lowest BCUT2D eigenvalue weighted by atomic mass is 9.95. The van der Waals surface area contributed by atoms with Crippen LogP contribution in [0.5, 0.6) is 0 Å². The highest BCUT2D eigenvalue weighted by Crippen LogP contribution is 2.36. The molecule has 0 unspecified atom stereocenters. The van der Waals surface area contributed by atoms with Gasteiger partial charge < -0.3 is 5.32 Å². The van der Waals surface area contributed by atoms with Gasteiger partial charge in [-0.3, -0.25) is 4.40 Å². The summed E-state index contributed by atoms with van der Waals surface area (Å²) in [6.07, 6.45) is 8.64. The highest BCUT2D eigenvalue weighted by Gasteiger charge is 2.21. The second kappa shape index (κ2) is 6.29. The Morgan fingerprint density at radius 2 is 2.04 bits per heavy atom. The molecule has 0 aliphatic heterocycles. The molecule has 1 aliphatic rings. The first-order chi connectivity index (χ1) is 11.2. The van der Waals surface area contributed by atoms with E-state index in [2.05, 4.69) is 62.3 Å². The lowest BCUT2D eigenvalue weighted by Crippen LogP contribution is -2.23. The van der Waals surface area contributed by atoms with Crippen LogP contribution in [0.1, 0.15) is 37.7 Å². The van der Waals surface area contributed by atoms with E-state index in [9.17, 15) is 0 Å². The Labute approximate surface area is 148 Å². The normalized spacial score (nSPS) is 16.1. The summed E-state index contributed by atoms with van der Waals surface area (Å²) in [5.74, 6) is 1.14. The molecule has 23 heavy (non-hydrogen) atoms. The minimum atomic E-state index is 0.557. The summed E-state index contributed by atoms with van der Waals surface area (Å²) in [5, 5.41) is 5.95. The first kappa shape index (κ1) is 15.2. The number of fused-ring (bicyclic) bond motifs is 1. The summed E-state index contributed by atoms with van der Waals surface area (Å²) in [4.78, 5) is 6.18. The number of thiophene rings is 1. The Bertz CT molecular complexity index is 830. The molecule has 3 aromatic rings. The number of imidazole rings is 1. The van der Waals surface area contributed by atoms with Crippen LogP contribution in [-0.4, -0.2) is 15.4 Å². The third-order valence-electron chi connectivity index (χ3n) is 4.61. The van der Waals surface area contributed by atoms with E-state index in [-0.39, 0.29) is 0 Å². The number of anilines is 1. The number of halogens is 1. The fraction of sp³-hybridized carbons (Fsp3) is 0.389. The van der Waals surface area contributed by atoms with Gasteiger partial charge in [-0.15, -0.1) is 11.3 Å². The van der Waals surface area contributed by atoms with E-state index in [0.29, 0.717) is 6.04 Å². The van der Waals surface area contributed by atoms with Gasteiger partial charge in [0.1, 0.15) is 17.2 Å². The summed E-state index contributed by atoms with van der Waals surface area (Å²) in [6.45, 7) is 2.16. The maximum absolute atomic E-state index is 4.91. The fourth-order valence-electron chi connectivity index (χ4n) is 3.37. The second-order valence-corrected chi connectivity index (χ2v) is 8.13. The number of aryl methyl sites for hydroxylation is 1. The summed E-state index contributed by atoms with van der Waals surface area (Å²) in [7, 11) is 0. The molecule has 1 N–H and O–H groups in total. The van der Waals surface area contributed by atoms with Crippen molar-refractivity contribution in [1.82, 2.24) is 9.38 Å². The minimum absolute atomic E-state index is 0.557. The third kappa shape index (κ3) is 2.92. The highest BCUT2D eigenvalue weighted by atomic mass is 79.9. The summed E-state index contributed by atoms with van der Waals surface area (Å²) in [5.41, 5.74) is 3.37. The highest BCUT2D eigenvalue weighted by molar-refractivity contribution is 9.10. The maximum Gasteiger partial charge on any atom is 0.139 e. The molecule has 3 nitrogen and oxygen atoms in total. The first-order valence-corrected chi connectivity index (χ1v) is 9.88. The Kier molecular flexibility index (Phi) is 4.16. The van der Waals surface area contributed by atoms with Gasteiger partial charge in [0, 0.05) is 16.7 Å². The van der Waals surface area contributed by atoms with Gasteiger partial charge in [0.2, 0.25) is 0 Å². The van der Waals surface area contributed by atoms with Crippen LogP contribution in [0.25, 0.3) is 16.2 Å². The predicted octanol–water partition coefficient (Wildman–Crippen LogP) is 5.88. The molecule has 120 valence electrons. The number of hydrogen-bond acceptors (Lipinski definition) is 3. The van der Waals surface area contributed by atoms with Crippen molar-refractivity contribution in [3.8, 4) is 10.6 Å². The molecule has 0 saturated heterocycles. The molecule has 0 radical (unpaired) electrons. The Morgan fingerprint density at radius 3 is 2.78 bits per heavy atom. The van der Waals surface area contributed by atoms with E-state index < -0.39 is 0 Å². The SMILES string of the molecule is Cc1ccsc1-c1nc2ccc(Br)cn2c1NC1CCCCC1. The van der Waals surface area contributed by atoms with Crippen molar-refractivity contribution in [2.24, 2.45) is 0 Å². The molecule has 0 amide bonds. The van der Waals surface area contributed by atoms with E-state index in [1.807, 2.05) is 0 Å². The maximum atomic E-state index is 4.91. The van der Waals surface area contributed by atoms with Crippen LogP contribution in [0, 0.1) is 6.92 Å². The zero-order valence-corrected chi connectivity index (χ0v) is 15.6.